The number of hydrogen-bond donors (Lipinski definition) is 11. The van der Waals surface area contributed by atoms with Gasteiger partial charge in [-0.2, -0.15) is 0 Å². The van der Waals surface area contributed by atoms with Crippen LogP contribution in [-0.2, 0) is 94.8 Å². The standard InChI is InChI=1S/2C8H16O2.2C7H14O5.2C7H14O2.C6H13NO3.C6H10O5.C6H12O4/c2*1-9-7-5-8-4-2-3-6-10-8;2*1-10-3-4-5(8)6(9)7(11-2)12-4;2*1-8-6-7-4-2-3-5-9-7;1-10-3-4-6(9)5(8)2-7-4;1-10-2-3-4(7)5(8)6(9)11-3;1-9-3-5-6(8)4(7)2-10-5/h2*8H,2-7H2,1H3;2*4-9H,3H2,1-2H3;2*7H,2-6H2,1H3;4-9H,2-3H2,1H3;3-5,7-8H,2H2,1H3;4-8H,2-3H2,1H3/t2*8-;4-,5-,6-,7+;4-,5-,6-,7-;2*7-;4-,5+,6-;3-,4-,5-;4-,5+,6-/m101110110/s1. The molecule has 0 spiro atoms. The Bertz CT molecular complexity index is 1580. The van der Waals surface area contributed by atoms with Gasteiger partial charge in [-0.15, -0.1) is 0 Å². The van der Waals surface area contributed by atoms with Gasteiger partial charge in [0.25, 0.3) is 0 Å². The molecule has 9 aliphatic heterocycles. The number of aliphatic hydroxyl groups is 10. The highest BCUT2D eigenvalue weighted by molar-refractivity contribution is 5.77. The fraction of sp³-hybridized carbons (Fsp3) is 0.984. The Balaban J connectivity index is 0.000000524. The van der Waals surface area contributed by atoms with Crippen LogP contribution in [0.3, 0.4) is 0 Å². The molecule has 0 bridgehead atoms. The van der Waals surface area contributed by atoms with Crippen LogP contribution >= 0.6 is 0 Å². The van der Waals surface area contributed by atoms with Crippen molar-refractivity contribution in [3.8, 4) is 0 Å². The minimum absolute atomic E-state index is 0.101. The monoisotopic (exact) mass is 1360 g/mol. The van der Waals surface area contributed by atoms with Gasteiger partial charge >= 0.3 is 5.97 Å². The molecule has 9 heterocycles. The van der Waals surface area contributed by atoms with Crippen LogP contribution in [0.15, 0.2) is 0 Å². The average molecular weight is 1360 g/mol. The molecule has 0 aromatic heterocycles. The SMILES string of the molecule is COCC[C@@H]1CCCCO1.COCC[C@H]1CCCCO1.COC[C@@H]1CCCCO1.COC[C@H]1CCCCO1.COC[C@H]1NC[C@H](O)[C@@H]1O.COC[C@H]1OC(=O)[C@H](O)[C@@H]1O.COC[C@H]1OC[C@H](O)[C@@H]1O.COC[C@H]1O[C@@H](OC)[C@H](O)[C@@H]1O.COC[C@H]1O[C@H](OC)[C@H](O)[C@@H]1O. The van der Waals surface area contributed by atoms with Gasteiger partial charge in [0, 0.05) is 124 Å². The first-order valence-electron chi connectivity index (χ1n) is 32.4. The van der Waals surface area contributed by atoms with Crippen LogP contribution in [0.4, 0.5) is 0 Å². The van der Waals surface area contributed by atoms with E-state index in [4.69, 9.17) is 106 Å². The lowest BCUT2D eigenvalue weighted by Crippen LogP contribution is -2.36. The van der Waals surface area contributed by atoms with E-state index in [0.717, 1.165) is 65.7 Å². The zero-order chi connectivity index (χ0) is 69.3. The maximum Gasteiger partial charge on any atom is 0.338 e. The molecule has 0 unspecified atom stereocenters. The number of hydrogen-bond acceptors (Lipinski definition) is 31. The number of nitrogens with one attached hydrogen (secondary N) is 1. The quantitative estimate of drug-likeness (QED) is 0.0544. The summed E-state index contributed by atoms with van der Waals surface area (Å²) in [5.41, 5.74) is 0. The van der Waals surface area contributed by atoms with Crippen molar-refractivity contribution in [1.82, 2.24) is 5.32 Å². The van der Waals surface area contributed by atoms with E-state index < -0.39 is 97.9 Å². The summed E-state index contributed by atoms with van der Waals surface area (Å²) in [6, 6.07) is -0.111. The third-order valence-electron chi connectivity index (χ3n) is 15.7. The summed E-state index contributed by atoms with van der Waals surface area (Å²) in [4.78, 5) is 10.6. The van der Waals surface area contributed by atoms with Gasteiger partial charge in [0.1, 0.15) is 61.0 Å². The van der Waals surface area contributed by atoms with Crippen LogP contribution in [0, 0.1) is 0 Å². The van der Waals surface area contributed by atoms with E-state index in [1.54, 1.807) is 35.5 Å². The molecule has 9 saturated heterocycles. The van der Waals surface area contributed by atoms with Crippen molar-refractivity contribution in [3.63, 3.8) is 0 Å². The van der Waals surface area contributed by atoms with Gasteiger partial charge in [-0.1, -0.05) is 0 Å². The Morgan fingerprint density at radius 1 is 0.376 bits per heavy atom. The largest absolute Gasteiger partial charge is 0.455 e. The molecule has 93 heavy (non-hydrogen) atoms. The lowest BCUT2D eigenvalue weighted by Gasteiger charge is -2.21. The molecule has 31 nitrogen and oxygen atoms in total. The Morgan fingerprint density at radius 3 is 1.03 bits per heavy atom. The fourth-order valence-corrected chi connectivity index (χ4v) is 10.3. The summed E-state index contributed by atoms with van der Waals surface area (Å²) < 4.78 is 94.8. The molecule has 0 aromatic rings. The molecule has 0 aliphatic carbocycles. The first-order chi connectivity index (χ1) is 44.8. The summed E-state index contributed by atoms with van der Waals surface area (Å²) in [5, 5.41) is 94.5. The fourth-order valence-electron chi connectivity index (χ4n) is 10.3. The van der Waals surface area contributed by atoms with Crippen LogP contribution in [0.5, 0.6) is 0 Å². The Morgan fingerprint density at radius 2 is 0.753 bits per heavy atom. The third-order valence-corrected chi connectivity index (χ3v) is 15.7. The molecule has 21 atom stereocenters. The van der Waals surface area contributed by atoms with Crippen molar-refractivity contribution in [2.75, 3.05) is 177 Å². The second-order valence-corrected chi connectivity index (χ2v) is 23.1. The van der Waals surface area contributed by atoms with E-state index in [2.05, 4.69) is 14.8 Å². The maximum absolute atomic E-state index is 10.6. The third kappa shape index (κ3) is 37.4. The van der Waals surface area contributed by atoms with Crippen molar-refractivity contribution in [1.29, 1.82) is 0 Å². The predicted molar refractivity (Wildman–Crippen MR) is 333 cm³/mol. The maximum atomic E-state index is 10.6. The highest BCUT2D eigenvalue weighted by Gasteiger charge is 2.45. The number of carbonyl (C=O) groups excluding carboxylic acids is 1. The summed E-state index contributed by atoms with van der Waals surface area (Å²) in [6.07, 6.45) is 5.93. The van der Waals surface area contributed by atoms with Crippen molar-refractivity contribution < 1.29 is 146 Å². The molecule has 9 rings (SSSR count). The molecule has 0 amide bonds. The number of rotatable bonds is 22. The summed E-state index contributed by atoms with van der Waals surface area (Å²) >= 11 is 0. The van der Waals surface area contributed by atoms with Gasteiger partial charge < -0.3 is 146 Å². The number of cyclic esters (lactones) is 1. The molecule has 556 valence electrons. The molecular weight excluding hydrogens is 1240 g/mol. The van der Waals surface area contributed by atoms with Crippen LogP contribution in [0.1, 0.15) is 89.9 Å². The first-order valence-corrected chi connectivity index (χ1v) is 32.4. The molecule has 0 saturated carbocycles. The topological polar surface area (TPSA) is 407 Å². The summed E-state index contributed by atoms with van der Waals surface area (Å²) in [5.74, 6) is -0.792. The van der Waals surface area contributed by atoms with E-state index in [9.17, 15) is 30.3 Å². The summed E-state index contributed by atoms with van der Waals surface area (Å²) in [7, 11) is 17.3. The molecule has 9 aliphatic rings. The van der Waals surface area contributed by atoms with E-state index in [1.165, 1.54) is 120 Å². The number of carbonyl (C=O) groups is 1. The van der Waals surface area contributed by atoms with E-state index >= 15 is 0 Å². The lowest BCUT2D eigenvalue weighted by molar-refractivity contribution is -0.154. The van der Waals surface area contributed by atoms with Crippen molar-refractivity contribution >= 4 is 5.97 Å². The van der Waals surface area contributed by atoms with Gasteiger partial charge in [-0.3, -0.25) is 0 Å². The Kier molecular flexibility index (Phi) is 53.9. The zero-order valence-corrected chi connectivity index (χ0v) is 57.3. The van der Waals surface area contributed by atoms with Crippen LogP contribution in [0.2, 0.25) is 0 Å². The first kappa shape index (κ1) is 89.3. The van der Waals surface area contributed by atoms with Crippen LogP contribution in [-0.4, -0.2) is 363 Å². The normalized spacial score (nSPS) is 35.2. The van der Waals surface area contributed by atoms with Crippen LogP contribution in [0.25, 0.3) is 0 Å². The second-order valence-electron chi connectivity index (χ2n) is 23.1. The van der Waals surface area contributed by atoms with Crippen LogP contribution < -0.4 is 5.32 Å². The van der Waals surface area contributed by atoms with Gasteiger partial charge in [0.15, 0.2) is 24.8 Å². The average Bonchev–Trinajstić information content (AvgIpc) is 1.89. The minimum atomic E-state index is -1.42. The van der Waals surface area contributed by atoms with E-state index in [1.807, 2.05) is 0 Å². The van der Waals surface area contributed by atoms with Crippen molar-refractivity contribution in [2.45, 2.75) is 218 Å². The van der Waals surface area contributed by atoms with Crippen molar-refractivity contribution in [3.05, 3.63) is 0 Å². The molecule has 9 fully saturated rings. The molecule has 31 heteroatoms. The Labute approximate surface area is 551 Å². The molecule has 0 radical (unpaired) electrons. The number of ether oxygens (including phenoxy) is 19. The smallest absolute Gasteiger partial charge is 0.338 e. The second kappa shape index (κ2) is 56.1. The van der Waals surface area contributed by atoms with E-state index in [0.29, 0.717) is 44.2 Å². The predicted octanol–water partition coefficient (Wildman–Crippen LogP) is -1.60. The highest BCUT2D eigenvalue weighted by Crippen LogP contribution is 2.24. The van der Waals surface area contributed by atoms with E-state index in [-0.39, 0.29) is 38.6 Å². The molecular formula is C62H123NO30. The number of methoxy groups -OCH3 is 11. The molecule has 11 N–H and O–H groups in total. The minimum Gasteiger partial charge on any atom is -0.455 e. The zero-order valence-electron chi connectivity index (χ0n) is 57.3. The number of aliphatic hydroxyl groups excluding tert-OH is 10. The highest BCUT2D eigenvalue weighted by atomic mass is 16.7. The Hall–Kier alpha value is -1.69. The number of β-amino-alcohol motifs (C(OH)–C–C–N with tert-alkyl or cyclic N) is 1. The van der Waals surface area contributed by atoms with Gasteiger partial charge in [-0.05, 0) is 89.9 Å². The van der Waals surface area contributed by atoms with Gasteiger partial charge in [0.2, 0.25) is 0 Å². The van der Waals surface area contributed by atoms with Gasteiger partial charge in [0.05, 0.1) is 95.5 Å². The lowest BCUT2D eigenvalue weighted by atomic mass is 10.1. The van der Waals surface area contributed by atoms with Crippen molar-refractivity contribution in [2.24, 2.45) is 0 Å². The molecule has 0 aromatic carbocycles. The number of esters is 1. The summed E-state index contributed by atoms with van der Waals surface area (Å²) in [6.45, 7) is 8.99. The van der Waals surface area contributed by atoms with Gasteiger partial charge in [-0.25, -0.2) is 4.79 Å².